The van der Waals surface area contributed by atoms with Gasteiger partial charge in [-0.15, -0.1) is 5.10 Å². The van der Waals surface area contributed by atoms with Gasteiger partial charge in [0, 0.05) is 34.8 Å². The maximum absolute atomic E-state index is 12.9. The average Bonchev–Trinajstić information content (AvgIpc) is 3.19. The van der Waals surface area contributed by atoms with Crippen LogP contribution >= 0.6 is 23.2 Å². The van der Waals surface area contributed by atoms with Crippen LogP contribution in [0.5, 0.6) is 11.6 Å². The number of nitrogens with zero attached hydrogens (tertiary/aromatic N) is 3. The van der Waals surface area contributed by atoms with Crippen LogP contribution in [0, 0.1) is 11.3 Å². The second kappa shape index (κ2) is 8.78. The summed E-state index contributed by atoms with van der Waals surface area (Å²) in [4.78, 5) is 14.4. The number of hydrogen-bond acceptors (Lipinski definition) is 7. The Kier molecular flexibility index (Phi) is 6.18. The number of carbonyl (C=O) groups excluding carboxylic acids is 1. The molecule has 1 atom stereocenters. The summed E-state index contributed by atoms with van der Waals surface area (Å²) >= 11 is 12.9. The predicted octanol–water partition coefficient (Wildman–Crippen LogP) is 4.06. The highest BCUT2D eigenvalue weighted by molar-refractivity contribution is 6.35. The molecule has 1 fully saturated rings. The molecule has 0 bridgehead atoms. The Bertz CT molecular complexity index is 1170. The number of nitriles is 1. The molecule has 2 aliphatic rings. The lowest BCUT2D eigenvalue weighted by molar-refractivity contribution is 0.0415. The largest absolute Gasteiger partial charge is 0.420 e. The molecule has 11 heteroatoms. The Morgan fingerprint density at radius 3 is 2.67 bits per heavy atom. The summed E-state index contributed by atoms with van der Waals surface area (Å²) in [6.45, 7) is 7.62. The third-order valence-corrected chi connectivity index (χ3v) is 5.99. The molecule has 0 saturated carbocycles. The molecule has 33 heavy (non-hydrogen) atoms. The average molecular weight is 492 g/mol. The molecule has 1 aromatic carbocycles. The van der Waals surface area contributed by atoms with E-state index in [1.165, 1.54) is 11.0 Å². The van der Waals surface area contributed by atoms with Gasteiger partial charge in [-0.1, -0.05) is 44.0 Å². The number of fused-ring (bicyclic) bond motifs is 1. The maximum atomic E-state index is 12.9. The lowest BCUT2D eigenvalue weighted by Crippen LogP contribution is -2.42. The summed E-state index contributed by atoms with van der Waals surface area (Å²) < 4.78 is 16.7. The lowest BCUT2D eigenvalue weighted by Gasteiger charge is -2.30. The van der Waals surface area contributed by atoms with Crippen LogP contribution < -0.4 is 15.2 Å². The van der Waals surface area contributed by atoms with Gasteiger partial charge in [0.05, 0.1) is 29.7 Å². The van der Waals surface area contributed by atoms with Gasteiger partial charge in [-0.2, -0.15) is 5.26 Å². The van der Waals surface area contributed by atoms with Gasteiger partial charge >= 0.3 is 6.09 Å². The number of nitrogens with one attached hydrogen (secondary N) is 1. The summed E-state index contributed by atoms with van der Waals surface area (Å²) in [7, 11) is 0. The van der Waals surface area contributed by atoms with Crippen molar-refractivity contribution >= 4 is 29.3 Å². The topological polar surface area (TPSA) is 126 Å². The highest BCUT2D eigenvalue weighted by Crippen LogP contribution is 2.49. The van der Waals surface area contributed by atoms with E-state index in [0.29, 0.717) is 42.5 Å². The van der Waals surface area contributed by atoms with Gasteiger partial charge in [-0.25, -0.2) is 4.79 Å². The number of amides is 1. The van der Waals surface area contributed by atoms with Gasteiger partial charge in [0.2, 0.25) is 11.8 Å². The van der Waals surface area contributed by atoms with E-state index in [2.05, 4.69) is 16.3 Å². The third-order valence-electron chi connectivity index (χ3n) is 5.50. The highest BCUT2D eigenvalue weighted by atomic mass is 35.5. The highest BCUT2D eigenvalue weighted by Gasteiger charge is 2.40. The maximum Gasteiger partial charge on any atom is 0.415 e. The fraction of sp³-hybridized carbons (Fsp3) is 0.409. The van der Waals surface area contributed by atoms with Crippen LogP contribution in [0.25, 0.3) is 0 Å². The normalized spacial score (nSPS) is 18.4. The van der Waals surface area contributed by atoms with Crippen molar-refractivity contribution in [3.05, 3.63) is 50.5 Å². The van der Waals surface area contributed by atoms with Crippen LogP contribution in [0.4, 0.5) is 4.79 Å². The quantitative estimate of drug-likeness (QED) is 0.647. The summed E-state index contributed by atoms with van der Waals surface area (Å²) in [6, 6.07) is 5.22. The fourth-order valence-electron chi connectivity index (χ4n) is 3.93. The van der Waals surface area contributed by atoms with E-state index < -0.39 is 12.0 Å². The van der Waals surface area contributed by atoms with Crippen molar-refractivity contribution in [1.82, 2.24) is 15.1 Å². The van der Waals surface area contributed by atoms with Crippen LogP contribution in [-0.4, -0.2) is 47.5 Å². The van der Waals surface area contributed by atoms with Gasteiger partial charge in [-0.3, -0.25) is 5.10 Å². The number of benzene rings is 1. The number of nitrogens with two attached hydrogens (primary N) is 1. The molecule has 2 aromatic rings. The molecule has 1 amide bonds. The van der Waals surface area contributed by atoms with Crippen LogP contribution in [-0.2, 0) is 10.2 Å². The third kappa shape index (κ3) is 4.34. The van der Waals surface area contributed by atoms with Gasteiger partial charge in [-0.05, 0) is 12.1 Å². The molecule has 3 N–H and O–H groups in total. The van der Waals surface area contributed by atoms with E-state index in [0.717, 1.165) is 5.69 Å². The van der Waals surface area contributed by atoms with Crippen molar-refractivity contribution in [2.24, 2.45) is 5.73 Å². The van der Waals surface area contributed by atoms with Crippen molar-refractivity contribution in [3.63, 3.8) is 0 Å². The Balaban J connectivity index is 1.89. The minimum absolute atomic E-state index is 0.0940. The number of rotatable bonds is 2. The van der Waals surface area contributed by atoms with E-state index in [9.17, 15) is 10.1 Å². The molecule has 9 nitrogen and oxygen atoms in total. The van der Waals surface area contributed by atoms with E-state index in [1.54, 1.807) is 6.07 Å². The van der Waals surface area contributed by atoms with Crippen LogP contribution in [0.3, 0.4) is 0 Å². The number of ether oxygens (including phenoxy) is 3. The first kappa shape index (κ1) is 23.2. The minimum Gasteiger partial charge on any atom is -0.420 e. The molecule has 4 rings (SSSR count). The zero-order valence-corrected chi connectivity index (χ0v) is 19.9. The Morgan fingerprint density at radius 2 is 2.03 bits per heavy atom. The van der Waals surface area contributed by atoms with Crippen molar-refractivity contribution in [2.75, 3.05) is 26.3 Å². The number of morpholine rings is 1. The Hall–Kier alpha value is -2.93. The van der Waals surface area contributed by atoms with Crippen molar-refractivity contribution in [2.45, 2.75) is 32.1 Å². The van der Waals surface area contributed by atoms with Crippen LogP contribution in [0.15, 0.2) is 23.6 Å². The zero-order chi connectivity index (χ0) is 23.9. The number of aromatic nitrogens is 2. The van der Waals surface area contributed by atoms with Crippen LogP contribution in [0.2, 0.25) is 10.0 Å². The predicted molar refractivity (Wildman–Crippen MR) is 121 cm³/mol. The molecular weight excluding hydrogens is 469 g/mol. The monoisotopic (exact) mass is 491 g/mol. The number of halogens is 2. The molecule has 174 valence electrons. The standard InChI is InChI=1S/C22H23Cl2N5O4/c1-22(2,3)18-16-15(13(10-25)19(26)33-20(16)28-27-18)12-8-11(23)9-14(24)17(12)32-21(30)29-4-6-31-7-5-29/h8-9,15H,4-7,26H2,1-3H3,(H,27,28). The first-order valence-corrected chi connectivity index (χ1v) is 11.1. The van der Waals surface area contributed by atoms with Gasteiger partial charge in [0.1, 0.15) is 11.6 Å². The molecule has 1 unspecified atom stereocenters. The summed E-state index contributed by atoms with van der Waals surface area (Å²) in [5.41, 5.74) is 7.60. The van der Waals surface area contributed by atoms with E-state index in [-0.39, 0.29) is 33.5 Å². The summed E-state index contributed by atoms with van der Waals surface area (Å²) in [6.07, 6.45) is -0.574. The second-order valence-electron chi connectivity index (χ2n) is 8.77. The lowest BCUT2D eigenvalue weighted by atomic mass is 9.78. The van der Waals surface area contributed by atoms with Crippen molar-refractivity contribution < 1.29 is 19.0 Å². The van der Waals surface area contributed by atoms with Gasteiger partial charge in [0.25, 0.3) is 0 Å². The number of H-pyrrole nitrogens is 1. The van der Waals surface area contributed by atoms with E-state index in [4.69, 9.17) is 43.1 Å². The van der Waals surface area contributed by atoms with E-state index in [1.807, 2.05) is 20.8 Å². The van der Waals surface area contributed by atoms with Crippen LogP contribution in [0.1, 0.15) is 43.5 Å². The molecule has 3 heterocycles. The van der Waals surface area contributed by atoms with Crippen molar-refractivity contribution in [1.29, 1.82) is 5.26 Å². The Labute approximate surface area is 201 Å². The number of aromatic amines is 1. The van der Waals surface area contributed by atoms with Gasteiger partial charge < -0.3 is 24.8 Å². The molecule has 1 saturated heterocycles. The number of hydrogen-bond donors (Lipinski definition) is 2. The molecule has 1 aromatic heterocycles. The first-order chi connectivity index (χ1) is 15.6. The van der Waals surface area contributed by atoms with Gasteiger partial charge in [0.15, 0.2) is 5.75 Å². The number of carbonyl (C=O) groups is 1. The number of allylic oxidation sites excluding steroid dienone is 1. The first-order valence-electron chi connectivity index (χ1n) is 10.3. The van der Waals surface area contributed by atoms with Crippen molar-refractivity contribution in [3.8, 4) is 17.7 Å². The smallest absolute Gasteiger partial charge is 0.415 e. The summed E-state index contributed by atoms with van der Waals surface area (Å²) in [5.74, 6) is -0.529. The Morgan fingerprint density at radius 1 is 1.33 bits per heavy atom. The minimum atomic E-state index is -0.768. The molecule has 2 aliphatic heterocycles. The summed E-state index contributed by atoms with van der Waals surface area (Å²) in [5, 5.41) is 17.7. The molecule has 0 aliphatic carbocycles. The SMILES string of the molecule is CC(C)(C)c1[nH]nc2c1C(c1cc(Cl)cc(Cl)c1OC(=O)N1CCOCC1)C(C#N)=C(N)O2. The molecule has 0 spiro atoms. The zero-order valence-electron chi connectivity index (χ0n) is 18.4. The molecule has 0 radical (unpaired) electrons. The fourth-order valence-corrected chi connectivity index (χ4v) is 4.48. The van der Waals surface area contributed by atoms with E-state index >= 15 is 0 Å². The second-order valence-corrected chi connectivity index (χ2v) is 9.61. The molecular formula is C22H23Cl2N5O4.